The molecular weight excluding hydrogens is 353 g/mol. The van der Waals surface area contributed by atoms with Gasteiger partial charge in [-0.2, -0.15) is 4.98 Å². The van der Waals surface area contributed by atoms with Gasteiger partial charge in [-0.05, 0) is 19.3 Å². The molecule has 0 aliphatic carbocycles. The van der Waals surface area contributed by atoms with Gasteiger partial charge < -0.3 is 4.90 Å². The summed E-state index contributed by atoms with van der Waals surface area (Å²) in [4.78, 5) is 10.3. The summed E-state index contributed by atoms with van der Waals surface area (Å²) in [5.74, 6) is -2.14. The summed E-state index contributed by atoms with van der Waals surface area (Å²) < 4.78 is 43.9. The van der Waals surface area contributed by atoms with E-state index >= 15 is 0 Å². The number of piperidine rings is 1. The van der Waals surface area contributed by atoms with E-state index < -0.39 is 17.5 Å². The van der Waals surface area contributed by atoms with Gasteiger partial charge in [0.2, 0.25) is 5.78 Å². The third kappa shape index (κ3) is 2.72. The van der Waals surface area contributed by atoms with Crippen LogP contribution in [0.5, 0.6) is 0 Å². The molecule has 0 N–H and O–H groups in total. The molecule has 0 radical (unpaired) electrons. The minimum absolute atomic E-state index is 0.0660. The fourth-order valence-corrected chi connectivity index (χ4v) is 3.57. The molecule has 8 heteroatoms. The van der Waals surface area contributed by atoms with E-state index in [-0.39, 0.29) is 16.3 Å². The van der Waals surface area contributed by atoms with E-state index in [9.17, 15) is 13.2 Å². The van der Waals surface area contributed by atoms with E-state index in [0.29, 0.717) is 23.7 Å². The number of hydrogen-bond donors (Lipinski definition) is 0. The summed E-state index contributed by atoms with van der Waals surface area (Å²) in [6.45, 7) is 1.45. The Morgan fingerprint density at radius 3 is 2.32 bits per heavy atom. The van der Waals surface area contributed by atoms with Crippen molar-refractivity contribution in [2.45, 2.75) is 19.3 Å². The molecule has 1 saturated heterocycles. The Labute approximate surface area is 146 Å². The Hall–Kier alpha value is -2.28. The van der Waals surface area contributed by atoms with Crippen LogP contribution in [0.2, 0.25) is 5.15 Å². The van der Waals surface area contributed by atoms with Crippen molar-refractivity contribution in [2.24, 2.45) is 0 Å². The molecule has 1 aliphatic rings. The fourth-order valence-electron chi connectivity index (χ4n) is 3.31. The first-order chi connectivity index (χ1) is 12.1. The van der Waals surface area contributed by atoms with Gasteiger partial charge in [-0.25, -0.2) is 18.2 Å². The quantitative estimate of drug-likeness (QED) is 0.628. The summed E-state index contributed by atoms with van der Waals surface area (Å²) in [6.07, 6.45) is 6.24. The Kier molecular flexibility index (Phi) is 4.03. The number of benzene rings is 1. The van der Waals surface area contributed by atoms with Gasteiger partial charge in [-0.15, -0.1) is 0 Å². The van der Waals surface area contributed by atoms with Crippen molar-refractivity contribution in [3.05, 3.63) is 47.1 Å². The predicted octanol–water partition coefficient (Wildman–Crippen LogP) is 4.46. The van der Waals surface area contributed by atoms with E-state index in [1.54, 1.807) is 16.8 Å². The number of rotatable bonds is 2. The standard InChI is InChI=1S/C17H14ClF3N4/c18-15-14(13-11(20)8-10(19)9-12(13)21)16(24-5-2-1-3-6-24)25-7-4-22-17(25)23-15/h4,7-9H,1-3,5-6H2. The highest BCUT2D eigenvalue weighted by molar-refractivity contribution is 6.33. The van der Waals surface area contributed by atoms with E-state index in [1.807, 2.05) is 4.90 Å². The smallest absolute Gasteiger partial charge is 0.236 e. The number of imidazole rings is 1. The number of halogens is 4. The van der Waals surface area contributed by atoms with Crippen molar-refractivity contribution in [1.29, 1.82) is 0 Å². The molecule has 4 rings (SSSR count). The molecule has 0 saturated carbocycles. The molecule has 1 fully saturated rings. The van der Waals surface area contributed by atoms with Gasteiger partial charge >= 0.3 is 0 Å². The Balaban J connectivity index is 2.05. The van der Waals surface area contributed by atoms with Gasteiger partial charge in [0.1, 0.15) is 28.4 Å². The molecule has 0 spiro atoms. The second kappa shape index (κ2) is 6.22. The van der Waals surface area contributed by atoms with E-state index in [2.05, 4.69) is 9.97 Å². The van der Waals surface area contributed by atoms with Crippen molar-refractivity contribution in [1.82, 2.24) is 14.4 Å². The molecule has 1 aliphatic heterocycles. The van der Waals surface area contributed by atoms with Gasteiger partial charge in [0.05, 0.1) is 11.1 Å². The first-order valence-electron chi connectivity index (χ1n) is 7.98. The van der Waals surface area contributed by atoms with Crippen LogP contribution in [0.15, 0.2) is 24.5 Å². The summed E-state index contributed by atoms with van der Waals surface area (Å²) >= 11 is 6.28. The molecule has 3 heterocycles. The molecule has 25 heavy (non-hydrogen) atoms. The molecule has 2 aromatic heterocycles. The average molecular weight is 367 g/mol. The zero-order valence-corrected chi connectivity index (χ0v) is 13.9. The van der Waals surface area contributed by atoms with Crippen LogP contribution < -0.4 is 4.90 Å². The SMILES string of the molecule is Fc1cc(F)c(-c2c(Cl)nc3nccn3c2N2CCCCC2)c(F)c1. The zero-order chi connectivity index (χ0) is 17.6. The first-order valence-corrected chi connectivity index (χ1v) is 8.36. The van der Waals surface area contributed by atoms with Gasteiger partial charge in [-0.1, -0.05) is 11.6 Å². The average Bonchev–Trinajstić information content (AvgIpc) is 3.02. The fraction of sp³-hybridized carbons (Fsp3) is 0.294. The molecule has 1 aromatic carbocycles. The van der Waals surface area contributed by atoms with Crippen molar-refractivity contribution < 1.29 is 13.2 Å². The first kappa shape index (κ1) is 16.2. The maximum Gasteiger partial charge on any atom is 0.236 e. The van der Waals surface area contributed by atoms with Crippen LogP contribution in [0.25, 0.3) is 16.9 Å². The van der Waals surface area contributed by atoms with Crippen molar-refractivity contribution in [3.63, 3.8) is 0 Å². The van der Waals surface area contributed by atoms with Gasteiger partial charge in [0.15, 0.2) is 0 Å². The highest BCUT2D eigenvalue weighted by Crippen LogP contribution is 2.40. The molecule has 0 bridgehead atoms. The molecule has 0 amide bonds. The number of nitrogens with zero attached hydrogens (tertiary/aromatic N) is 4. The minimum atomic E-state index is -1.01. The molecule has 3 aromatic rings. The molecule has 130 valence electrons. The van der Waals surface area contributed by atoms with Crippen molar-refractivity contribution in [3.8, 4) is 11.1 Å². The Morgan fingerprint density at radius 1 is 0.960 bits per heavy atom. The highest BCUT2D eigenvalue weighted by Gasteiger charge is 2.27. The topological polar surface area (TPSA) is 33.4 Å². The van der Waals surface area contributed by atoms with Crippen LogP contribution >= 0.6 is 11.6 Å². The molecule has 4 nitrogen and oxygen atoms in total. The van der Waals surface area contributed by atoms with Crippen molar-refractivity contribution in [2.75, 3.05) is 18.0 Å². The lowest BCUT2D eigenvalue weighted by Gasteiger charge is -2.31. The summed E-state index contributed by atoms with van der Waals surface area (Å²) in [5, 5.41) is -0.0660. The van der Waals surface area contributed by atoms with E-state index in [0.717, 1.165) is 32.4 Å². The summed E-state index contributed by atoms with van der Waals surface area (Å²) in [7, 11) is 0. The Bertz CT molecular complexity index is 927. The van der Waals surface area contributed by atoms with E-state index in [4.69, 9.17) is 11.6 Å². The lowest BCUT2D eigenvalue weighted by molar-refractivity contribution is 0.546. The van der Waals surface area contributed by atoms with Crippen LogP contribution in [-0.4, -0.2) is 27.5 Å². The van der Waals surface area contributed by atoms with Crippen LogP contribution in [0.4, 0.5) is 19.0 Å². The predicted molar refractivity (Wildman–Crippen MR) is 89.4 cm³/mol. The summed E-state index contributed by atoms with van der Waals surface area (Å²) in [5.41, 5.74) is -0.265. The Morgan fingerprint density at radius 2 is 1.64 bits per heavy atom. The lowest BCUT2D eigenvalue weighted by atomic mass is 10.0. The number of hydrogen-bond acceptors (Lipinski definition) is 3. The van der Waals surface area contributed by atoms with Crippen LogP contribution in [0.1, 0.15) is 19.3 Å². The van der Waals surface area contributed by atoms with Crippen LogP contribution in [-0.2, 0) is 0 Å². The third-order valence-corrected chi connectivity index (χ3v) is 4.66. The maximum absolute atomic E-state index is 14.4. The number of aromatic nitrogens is 3. The second-order valence-electron chi connectivity index (χ2n) is 5.99. The number of fused-ring (bicyclic) bond motifs is 1. The maximum atomic E-state index is 14.4. The molecule has 0 unspecified atom stereocenters. The third-order valence-electron chi connectivity index (χ3n) is 4.39. The van der Waals surface area contributed by atoms with Crippen LogP contribution in [0, 0.1) is 17.5 Å². The van der Waals surface area contributed by atoms with Crippen molar-refractivity contribution >= 4 is 23.2 Å². The lowest BCUT2D eigenvalue weighted by Crippen LogP contribution is -2.31. The van der Waals surface area contributed by atoms with Gasteiger partial charge in [0, 0.05) is 37.6 Å². The second-order valence-corrected chi connectivity index (χ2v) is 6.35. The highest BCUT2D eigenvalue weighted by atomic mass is 35.5. The largest absolute Gasteiger partial charge is 0.357 e. The molecular formula is C17H14ClF3N4. The minimum Gasteiger partial charge on any atom is -0.357 e. The summed E-state index contributed by atoms with van der Waals surface area (Å²) in [6, 6.07) is 1.29. The number of anilines is 1. The zero-order valence-electron chi connectivity index (χ0n) is 13.1. The van der Waals surface area contributed by atoms with Gasteiger partial charge in [-0.3, -0.25) is 4.40 Å². The normalized spacial score (nSPS) is 15.1. The molecule has 0 atom stereocenters. The van der Waals surface area contributed by atoms with E-state index in [1.165, 1.54) is 0 Å². The van der Waals surface area contributed by atoms with Gasteiger partial charge in [0.25, 0.3) is 0 Å². The monoisotopic (exact) mass is 366 g/mol. The van der Waals surface area contributed by atoms with Crippen LogP contribution in [0.3, 0.4) is 0 Å².